The predicted octanol–water partition coefficient (Wildman–Crippen LogP) is 2.25. The summed E-state index contributed by atoms with van der Waals surface area (Å²) in [4.78, 5) is 17.2. The summed E-state index contributed by atoms with van der Waals surface area (Å²) in [5.41, 5.74) is 4.78. The number of rotatable bonds is 2. The maximum absolute atomic E-state index is 11.9. The summed E-state index contributed by atoms with van der Waals surface area (Å²) in [6.07, 6.45) is 1.63. The van der Waals surface area contributed by atoms with Crippen molar-refractivity contribution < 1.29 is 9.63 Å². The van der Waals surface area contributed by atoms with E-state index in [9.17, 15) is 4.79 Å². The molecule has 3 nitrogen and oxygen atoms in total. The second-order valence-corrected chi connectivity index (χ2v) is 5.55. The van der Waals surface area contributed by atoms with Crippen molar-refractivity contribution in [1.82, 2.24) is 5.48 Å². The van der Waals surface area contributed by atoms with E-state index < -0.39 is 0 Å². The number of fused-ring (bicyclic) bond motifs is 1. The van der Waals surface area contributed by atoms with Gasteiger partial charge in [-0.05, 0) is 44.7 Å². The molecule has 1 N–H and O–H groups in total. The highest BCUT2D eigenvalue weighted by Crippen LogP contribution is 2.26. The topological polar surface area (TPSA) is 38.3 Å². The maximum atomic E-state index is 11.9. The van der Waals surface area contributed by atoms with Crippen LogP contribution < -0.4 is 5.48 Å². The molecular formula is C14H19NO2. The molecule has 2 rings (SSSR count). The summed E-state index contributed by atoms with van der Waals surface area (Å²) in [5, 5.41) is 0. The van der Waals surface area contributed by atoms with E-state index in [0.717, 1.165) is 12.8 Å². The summed E-state index contributed by atoms with van der Waals surface area (Å²) in [6, 6.07) is 8.22. The first-order valence-corrected chi connectivity index (χ1v) is 6.00. The SMILES string of the molecule is CC(C)(C)ONC(=O)C1Cc2ccccc2C1. The molecule has 0 unspecified atom stereocenters. The lowest BCUT2D eigenvalue weighted by Crippen LogP contribution is -2.37. The average Bonchev–Trinajstić information content (AvgIpc) is 2.68. The van der Waals surface area contributed by atoms with Gasteiger partial charge in [-0.15, -0.1) is 0 Å². The quantitative estimate of drug-likeness (QED) is 0.796. The standard InChI is InChI=1S/C14H19NO2/c1-14(2,3)17-15-13(16)12-8-10-6-4-5-7-11(10)9-12/h4-7,12H,8-9H2,1-3H3,(H,15,16). The van der Waals surface area contributed by atoms with Crippen molar-refractivity contribution in [2.75, 3.05) is 0 Å². The molecule has 0 aliphatic heterocycles. The van der Waals surface area contributed by atoms with Crippen LogP contribution in [-0.4, -0.2) is 11.5 Å². The minimum Gasteiger partial charge on any atom is -0.272 e. The van der Waals surface area contributed by atoms with Crippen molar-refractivity contribution in [2.45, 2.75) is 39.2 Å². The Balaban J connectivity index is 1.92. The maximum Gasteiger partial charge on any atom is 0.247 e. The first-order chi connectivity index (χ1) is 7.96. The molecule has 1 aliphatic carbocycles. The van der Waals surface area contributed by atoms with Crippen LogP contribution in [0.4, 0.5) is 0 Å². The van der Waals surface area contributed by atoms with Gasteiger partial charge in [0.1, 0.15) is 0 Å². The van der Waals surface area contributed by atoms with Gasteiger partial charge in [0.05, 0.1) is 5.60 Å². The van der Waals surface area contributed by atoms with Gasteiger partial charge in [-0.3, -0.25) is 9.63 Å². The minimum atomic E-state index is -0.346. The minimum absolute atomic E-state index is 0.00903. The highest BCUT2D eigenvalue weighted by atomic mass is 16.7. The van der Waals surface area contributed by atoms with E-state index in [1.165, 1.54) is 11.1 Å². The number of carbonyl (C=O) groups excluding carboxylic acids is 1. The predicted molar refractivity (Wildman–Crippen MR) is 66.3 cm³/mol. The van der Waals surface area contributed by atoms with Crippen LogP contribution in [0.2, 0.25) is 0 Å². The lowest BCUT2D eigenvalue weighted by molar-refractivity contribution is -0.149. The van der Waals surface area contributed by atoms with Gasteiger partial charge < -0.3 is 0 Å². The van der Waals surface area contributed by atoms with Gasteiger partial charge in [-0.25, -0.2) is 5.48 Å². The molecule has 0 heterocycles. The highest BCUT2D eigenvalue weighted by Gasteiger charge is 2.27. The molecule has 0 radical (unpaired) electrons. The Morgan fingerprint density at radius 3 is 2.24 bits per heavy atom. The van der Waals surface area contributed by atoms with E-state index in [1.807, 2.05) is 32.9 Å². The molecule has 1 amide bonds. The number of amides is 1. The van der Waals surface area contributed by atoms with Gasteiger partial charge in [-0.1, -0.05) is 24.3 Å². The van der Waals surface area contributed by atoms with Crippen LogP contribution in [-0.2, 0) is 22.5 Å². The number of hydrogen-bond donors (Lipinski definition) is 1. The summed E-state index contributed by atoms with van der Waals surface area (Å²) >= 11 is 0. The van der Waals surface area contributed by atoms with Crippen molar-refractivity contribution in [3.8, 4) is 0 Å². The lowest BCUT2D eigenvalue weighted by atomic mass is 10.1. The van der Waals surface area contributed by atoms with Gasteiger partial charge in [0, 0.05) is 5.92 Å². The van der Waals surface area contributed by atoms with E-state index >= 15 is 0 Å². The van der Waals surface area contributed by atoms with Crippen LogP contribution in [0.5, 0.6) is 0 Å². The first-order valence-electron chi connectivity index (χ1n) is 6.00. The van der Waals surface area contributed by atoms with Crippen molar-refractivity contribution in [3.63, 3.8) is 0 Å². The summed E-state index contributed by atoms with van der Waals surface area (Å²) < 4.78 is 0. The van der Waals surface area contributed by atoms with Crippen molar-refractivity contribution in [1.29, 1.82) is 0 Å². The van der Waals surface area contributed by atoms with Gasteiger partial charge >= 0.3 is 0 Å². The van der Waals surface area contributed by atoms with Crippen LogP contribution in [0.1, 0.15) is 31.9 Å². The Bertz CT molecular complexity index is 395. The summed E-state index contributed by atoms with van der Waals surface area (Å²) in [7, 11) is 0. The van der Waals surface area contributed by atoms with E-state index in [0.29, 0.717) is 0 Å². The fourth-order valence-electron chi connectivity index (χ4n) is 2.03. The molecule has 1 aromatic carbocycles. The van der Waals surface area contributed by atoms with E-state index in [-0.39, 0.29) is 17.4 Å². The van der Waals surface area contributed by atoms with Crippen molar-refractivity contribution in [3.05, 3.63) is 35.4 Å². The molecular weight excluding hydrogens is 214 g/mol. The van der Waals surface area contributed by atoms with Crippen LogP contribution in [0.15, 0.2) is 24.3 Å². The fourth-order valence-corrected chi connectivity index (χ4v) is 2.03. The molecule has 0 saturated carbocycles. The zero-order valence-electron chi connectivity index (χ0n) is 10.6. The number of carbonyl (C=O) groups is 1. The lowest BCUT2D eigenvalue weighted by Gasteiger charge is -2.20. The van der Waals surface area contributed by atoms with Gasteiger partial charge in [0.2, 0.25) is 5.91 Å². The molecule has 0 aromatic heterocycles. The zero-order chi connectivity index (χ0) is 12.5. The number of hydrogen-bond acceptors (Lipinski definition) is 2. The first kappa shape index (κ1) is 12.1. The molecule has 3 heteroatoms. The molecule has 0 atom stereocenters. The van der Waals surface area contributed by atoms with Gasteiger partial charge in [-0.2, -0.15) is 0 Å². The molecule has 1 aliphatic rings. The van der Waals surface area contributed by atoms with E-state index in [2.05, 4.69) is 17.6 Å². The van der Waals surface area contributed by atoms with Crippen molar-refractivity contribution >= 4 is 5.91 Å². The molecule has 0 bridgehead atoms. The van der Waals surface area contributed by atoms with Crippen LogP contribution in [0.3, 0.4) is 0 Å². The van der Waals surface area contributed by atoms with Crippen LogP contribution in [0, 0.1) is 5.92 Å². The Labute approximate surface area is 102 Å². The second kappa shape index (κ2) is 4.49. The molecule has 0 spiro atoms. The summed E-state index contributed by atoms with van der Waals surface area (Å²) in [6.45, 7) is 5.74. The smallest absolute Gasteiger partial charge is 0.247 e. The molecule has 92 valence electrons. The Morgan fingerprint density at radius 1 is 1.24 bits per heavy atom. The third kappa shape index (κ3) is 3.07. The monoisotopic (exact) mass is 233 g/mol. The third-order valence-corrected chi connectivity index (χ3v) is 2.88. The normalized spacial score (nSPS) is 15.7. The third-order valence-electron chi connectivity index (χ3n) is 2.88. The van der Waals surface area contributed by atoms with Gasteiger partial charge in [0.15, 0.2) is 0 Å². The Kier molecular flexibility index (Phi) is 3.20. The zero-order valence-corrected chi connectivity index (χ0v) is 10.6. The van der Waals surface area contributed by atoms with E-state index in [4.69, 9.17) is 4.84 Å². The molecule has 0 fully saturated rings. The summed E-state index contributed by atoms with van der Waals surface area (Å²) in [5.74, 6) is -0.00845. The number of benzene rings is 1. The Hall–Kier alpha value is -1.35. The second-order valence-electron chi connectivity index (χ2n) is 5.55. The number of hydroxylamine groups is 1. The molecule has 17 heavy (non-hydrogen) atoms. The highest BCUT2D eigenvalue weighted by molar-refractivity contribution is 5.79. The Morgan fingerprint density at radius 2 is 1.76 bits per heavy atom. The van der Waals surface area contributed by atoms with Crippen LogP contribution in [0.25, 0.3) is 0 Å². The average molecular weight is 233 g/mol. The molecule has 1 aromatic rings. The van der Waals surface area contributed by atoms with E-state index in [1.54, 1.807) is 0 Å². The van der Waals surface area contributed by atoms with Crippen LogP contribution >= 0.6 is 0 Å². The number of nitrogens with one attached hydrogen (secondary N) is 1. The van der Waals surface area contributed by atoms with Crippen molar-refractivity contribution in [2.24, 2.45) is 5.92 Å². The fraction of sp³-hybridized carbons (Fsp3) is 0.500. The largest absolute Gasteiger partial charge is 0.272 e. The molecule has 0 saturated heterocycles. The van der Waals surface area contributed by atoms with Gasteiger partial charge in [0.25, 0.3) is 0 Å².